The average Bonchev–Trinajstić information content (AvgIpc) is 3.03. The summed E-state index contributed by atoms with van der Waals surface area (Å²) in [5, 5.41) is 10.1. The largest absolute Gasteiger partial charge is 0.311 e. The first-order chi connectivity index (χ1) is 9.87. The van der Waals surface area contributed by atoms with Crippen LogP contribution in [0.4, 0.5) is 0 Å². The molecular formula is C14H26N4O2S. The molecule has 1 atom stereocenters. The smallest absolute Gasteiger partial charge is 0.246 e. The molecule has 1 saturated heterocycles. The first-order valence-electron chi connectivity index (χ1n) is 7.62. The molecule has 6 nitrogen and oxygen atoms in total. The van der Waals surface area contributed by atoms with Crippen LogP contribution in [-0.2, 0) is 16.6 Å². The molecule has 0 amide bonds. The Morgan fingerprint density at radius 3 is 2.76 bits per heavy atom. The van der Waals surface area contributed by atoms with Gasteiger partial charge in [0, 0.05) is 19.6 Å². The average molecular weight is 314 g/mol. The summed E-state index contributed by atoms with van der Waals surface area (Å²) in [6.45, 7) is 10.5. The van der Waals surface area contributed by atoms with E-state index in [0.717, 1.165) is 13.0 Å². The van der Waals surface area contributed by atoms with E-state index in [-0.39, 0.29) is 0 Å². The summed E-state index contributed by atoms with van der Waals surface area (Å²) in [6.07, 6.45) is 0.941. The minimum absolute atomic E-state index is 0.354. The number of hydrogen-bond donors (Lipinski definition) is 2. The summed E-state index contributed by atoms with van der Waals surface area (Å²) in [7, 11) is -3.45. The van der Waals surface area contributed by atoms with Crippen molar-refractivity contribution >= 4 is 10.0 Å². The predicted octanol–water partition coefficient (Wildman–Crippen LogP) is 1.49. The van der Waals surface area contributed by atoms with Gasteiger partial charge in [-0.15, -0.1) is 0 Å². The van der Waals surface area contributed by atoms with Crippen molar-refractivity contribution in [3.05, 3.63) is 11.4 Å². The van der Waals surface area contributed by atoms with Gasteiger partial charge in [-0.25, -0.2) is 8.42 Å². The third-order valence-corrected chi connectivity index (χ3v) is 6.30. The Morgan fingerprint density at radius 1 is 1.48 bits per heavy atom. The maximum absolute atomic E-state index is 12.9. The highest BCUT2D eigenvalue weighted by atomic mass is 32.2. The molecule has 0 radical (unpaired) electrons. The molecule has 2 N–H and O–H groups in total. The van der Waals surface area contributed by atoms with E-state index < -0.39 is 10.0 Å². The van der Waals surface area contributed by atoms with Gasteiger partial charge in [-0.05, 0) is 31.7 Å². The van der Waals surface area contributed by atoms with Crippen molar-refractivity contribution in [2.75, 3.05) is 19.6 Å². The number of aromatic nitrogens is 2. The van der Waals surface area contributed by atoms with Gasteiger partial charge in [0.15, 0.2) is 0 Å². The van der Waals surface area contributed by atoms with Crippen molar-refractivity contribution < 1.29 is 8.42 Å². The van der Waals surface area contributed by atoms with E-state index in [1.807, 2.05) is 6.92 Å². The molecule has 1 unspecified atom stereocenters. The normalized spacial score (nSPS) is 20.5. The topological polar surface area (TPSA) is 78.1 Å². The van der Waals surface area contributed by atoms with Crippen LogP contribution in [-0.4, -0.2) is 42.6 Å². The minimum Gasteiger partial charge on any atom is -0.311 e. The first kappa shape index (κ1) is 16.5. The SMILES string of the molecule is CCNCc1n[nH]c(C)c1S(=O)(=O)N1CCC(C(C)C)C1. The van der Waals surface area contributed by atoms with Gasteiger partial charge in [-0.1, -0.05) is 20.8 Å². The summed E-state index contributed by atoms with van der Waals surface area (Å²) < 4.78 is 27.4. The molecule has 2 rings (SSSR count). The molecule has 1 fully saturated rings. The van der Waals surface area contributed by atoms with Gasteiger partial charge in [-0.3, -0.25) is 5.10 Å². The van der Waals surface area contributed by atoms with Gasteiger partial charge in [0.05, 0.1) is 11.4 Å². The third kappa shape index (κ3) is 3.30. The second-order valence-corrected chi connectivity index (χ2v) is 7.94. The Kier molecular flexibility index (Phi) is 5.06. The Balaban J connectivity index is 2.26. The van der Waals surface area contributed by atoms with Crippen molar-refractivity contribution in [3.8, 4) is 0 Å². The van der Waals surface area contributed by atoms with Crippen LogP contribution in [0.2, 0.25) is 0 Å². The van der Waals surface area contributed by atoms with Crippen LogP contribution in [0.3, 0.4) is 0 Å². The Hall–Kier alpha value is -0.920. The van der Waals surface area contributed by atoms with Crippen LogP contribution in [0, 0.1) is 18.8 Å². The van der Waals surface area contributed by atoms with Crippen molar-refractivity contribution in [1.82, 2.24) is 19.8 Å². The molecule has 1 aromatic heterocycles. The highest BCUT2D eigenvalue weighted by Gasteiger charge is 2.36. The lowest BCUT2D eigenvalue weighted by Crippen LogP contribution is -2.31. The molecule has 1 aliphatic heterocycles. The van der Waals surface area contributed by atoms with Gasteiger partial charge in [-0.2, -0.15) is 9.40 Å². The quantitative estimate of drug-likeness (QED) is 0.834. The van der Waals surface area contributed by atoms with Crippen LogP contribution in [0.15, 0.2) is 4.90 Å². The number of rotatable bonds is 6. The van der Waals surface area contributed by atoms with Crippen LogP contribution in [0.25, 0.3) is 0 Å². The van der Waals surface area contributed by atoms with Crippen molar-refractivity contribution in [2.24, 2.45) is 11.8 Å². The van der Waals surface area contributed by atoms with Crippen molar-refractivity contribution in [1.29, 1.82) is 0 Å². The fraction of sp³-hybridized carbons (Fsp3) is 0.786. The van der Waals surface area contributed by atoms with E-state index in [1.54, 1.807) is 11.2 Å². The van der Waals surface area contributed by atoms with Gasteiger partial charge in [0.25, 0.3) is 0 Å². The lowest BCUT2D eigenvalue weighted by Gasteiger charge is -2.18. The molecule has 21 heavy (non-hydrogen) atoms. The molecule has 0 spiro atoms. The molecule has 0 aromatic carbocycles. The molecule has 120 valence electrons. The predicted molar refractivity (Wildman–Crippen MR) is 82.4 cm³/mol. The van der Waals surface area contributed by atoms with Gasteiger partial charge < -0.3 is 5.32 Å². The molecule has 0 saturated carbocycles. The lowest BCUT2D eigenvalue weighted by atomic mass is 9.96. The number of nitrogens with zero attached hydrogens (tertiary/aromatic N) is 2. The highest BCUT2D eigenvalue weighted by molar-refractivity contribution is 7.89. The molecule has 7 heteroatoms. The molecular weight excluding hydrogens is 288 g/mol. The molecule has 0 aliphatic carbocycles. The monoisotopic (exact) mass is 314 g/mol. The van der Waals surface area contributed by atoms with Crippen LogP contribution in [0.1, 0.15) is 38.6 Å². The van der Waals surface area contributed by atoms with Gasteiger partial charge in [0.1, 0.15) is 4.90 Å². The molecule has 1 aliphatic rings. The Morgan fingerprint density at radius 2 is 2.19 bits per heavy atom. The van der Waals surface area contributed by atoms with Gasteiger partial charge in [0.2, 0.25) is 10.0 Å². The zero-order valence-corrected chi connectivity index (χ0v) is 14.1. The van der Waals surface area contributed by atoms with E-state index in [4.69, 9.17) is 0 Å². The molecule has 1 aromatic rings. The second-order valence-electron chi connectivity index (χ2n) is 6.06. The van der Waals surface area contributed by atoms with Crippen LogP contribution < -0.4 is 5.32 Å². The lowest BCUT2D eigenvalue weighted by molar-refractivity contribution is 0.388. The molecule has 2 heterocycles. The maximum Gasteiger partial charge on any atom is 0.246 e. The Bertz CT molecular complexity index is 580. The third-order valence-electron chi connectivity index (χ3n) is 4.23. The number of nitrogens with one attached hydrogen (secondary N) is 2. The Labute approximate surface area is 127 Å². The van der Waals surface area contributed by atoms with Crippen LogP contribution >= 0.6 is 0 Å². The summed E-state index contributed by atoms with van der Waals surface area (Å²) in [5.41, 5.74) is 1.21. The van der Waals surface area contributed by atoms with Crippen molar-refractivity contribution in [3.63, 3.8) is 0 Å². The summed E-state index contributed by atoms with van der Waals surface area (Å²) in [5.74, 6) is 0.959. The minimum atomic E-state index is -3.45. The van der Waals surface area contributed by atoms with Crippen LogP contribution in [0.5, 0.6) is 0 Å². The number of hydrogen-bond acceptors (Lipinski definition) is 4. The van der Waals surface area contributed by atoms with E-state index in [2.05, 4.69) is 29.4 Å². The summed E-state index contributed by atoms with van der Waals surface area (Å²) >= 11 is 0. The fourth-order valence-corrected chi connectivity index (χ4v) is 4.66. The van der Waals surface area contributed by atoms with Gasteiger partial charge >= 0.3 is 0 Å². The zero-order valence-electron chi connectivity index (χ0n) is 13.3. The fourth-order valence-electron chi connectivity index (χ4n) is 2.82. The molecule has 0 bridgehead atoms. The number of aryl methyl sites for hydroxylation is 1. The second kappa shape index (κ2) is 6.46. The van der Waals surface area contributed by atoms with Crippen molar-refractivity contribution in [2.45, 2.75) is 45.6 Å². The number of aromatic amines is 1. The standard InChI is InChI=1S/C14H26N4O2S/c1-5-15-8-13-14(11(4)16-17-13)21(19,20)18-7-6-12(9-18)10(2)3/h10,12,15H,5-9H2,1-4H3,(H,16,17). The van der Waals surface area contributed by atoms with E-state index in [0.29, 0.717) is 47.8 Å². The highest BCUT2D eigenvalue weighted by Crippen LogP contribution is 2.30. The van der Waals surface area contributed by atoms with E-state index in [9.17, 15) is 8.42 Å². The summed E-state index contributed by atoms with van der Waals surface area (Å²) in [4.78, 5) is 0.354. The summed E-state index contributed by atoms with van der Waals surface area (Å²) in [6, 6.07) is 0. The number of H-pyrrole nitrogens is 1. The first-order valence-corrected chi connectivity index (χ1v) is 9.06. The number of sulfonamides is 1. The zero-order chi connectivity index (χ0) is 15.6. The van der Waals surface area contributed by atoms with E-state index in [1.165, 1.54) is 0 Å². The maximum atomic E-state index is 12.9. The van der Waals surface area contributed by atoms with E-state index >= 15 is 0 Å².